The van der Waals surface area contributed by atoms with Gasteiger partial charge in [0.15, 0.2) is 0 Å². The van der Waals surface area contributed by atoms with Gasteiger partial charge in [0.05, 0.1) is 5.41 Å². The maximum absolute atomic E-state index is 12.6. The van der Waals surface area contributed by atoms with E-state index in [0.717, 1.165) is 31.2 Å². The van der Waals surface area contributed by atoms with Gasteiger partial charge in [-0.3, -0.25) is 4.79 Å². The largest absolute Gasteiger partial charge is 0.508 e. The van der Waals surface area contributed by atoms with E-state index >= 15 is 0 Å². The van der Waals surface area contributed by atoms with Crippen molar-refractivity contribution in [3.8, 4) is 5.75 Å². The van der Waals surface area contributed by atoms with E-state index in [4.69, 9.17) is 5.73 Å². The van der Waals surface area contributed by atoms with Crippen molar-refractivity contribution in [1.82, 2.24) is 4.90 Å². The Balaban J connectivity index is 2.09. The summed E-state index contributed by atoms with van der Waals surface area (Å²) in [4.78, 5) is 14.3. The molecular weight excluding hydrogens is 240 g/mol. The van der Waals surface area contributed by atoms with Gasteiger partial charge in [-0.05, 0) is 18.9 Å². The lowest BCUT2D eigenvalue weighted by Gasteiger charge is -2.31. The molecule has 0 radical (unpaired) electrons. The average Bonchev–Trinajstić information content (AvgIpc) is 2.90. The standard InChI is InChI=1S/C15H22N2O2/c1-17(10-12-6-2-3-7-13(12)18)14(19)15(11-16)8-4-5-9-15/h2-3,6-7,18H,4-5,8-11,16H2,1H3. The molecule has 0 saturated heterocycles. The lowest BCUT2D eigenvalue weighted by molar-refractivity contribution is -0.140. The number of amides is 1. The van der Waals surface area contributed by atoms with Crippen molar-refractivity contribution in [2.75, 3.05) is 13.6 Å². The number of phenols is 1. The fourth-order valence-corrected chi connectivity index (χ4v) is 2.93. The molecule has 104 valence electrons. The Bertz CT molecular complexity index is 453. The van der Waals surface area contributed by atoms with Gasteiger partial charge in [-0.15, -0.1) is 0 Å². The highest BCUT2D eigenvalue weighted by Gasteiger charge is 2.41. The Morgan fingerprint density at radius 2 is 2.00 bits per heavy atom. The minimum atomic E-state index is -0.376. The fourth-order valence-electron chi connectivity index (χ4n) is 2.93. The first-order valence-electron chi connectivity index (χ1n) is 6.81. The molecule has 1 aliphatic carbocycles. The quantitative estimate of drug-likeness (QED) is 0.870. The molecule has 0 spiro atoms. The van der Waals surface area contributed by atoms with Gasteiger partial charge in [-0.2, -0.15) is 0 Å². The predicted molar refractivity (Wildman–Crippen MR) is 74.5 cm³/mol. The number of hydrogen-bond acceptors (Lipinski definition) is 3. The van der Waals surface area contributed by atoms with Crippen LogP contribution in [0, 0.1) is 5.41 Å². The van der Waals surface area contributed by atoms with E-state index in [0.29, 0.717) is 13.1 Å². The van der Waals surface area contributed by atoms with Crippen LogP contribution in [0.5, 0.6) is 5.75 Å². The van der Waals surface area contributed by atoms with E-state index in [2.05, 4.69) is 0 Å². The average molecular weight is 262 g/mol. The van der Waals surface area contributed by atoms with Gasteiger partial charge in [0.25, 0.3) is 0 Å². The van der Waals surface area contributed by atoms with Crippen molar-refractivity contribution in [2.45, 2.75) is 32.2 Å². The summed E-state index contributed by atoms with van der Waals surface area (Å²) in [6, 6.07) is 7.12. The minimum Gasteiger partial charge on any atom is -0.508 e. The van der Waals surface area contributed by atoms with E-state index in [1.165, 1.54) is 0 Å². The number of aromatic hydroxyl groups is 1. The molecule has 1 saturated carbocycles. The van der Waals surface area contributed by atoms with Crippen LogP contribution in [0.15, 0.2) is 24.3 Å². The van der Waals surface area contributed by atoms with Crippen molar-refractivity contribution < 1.29 is 9.90 Å². The molecule has 0 bridgehead atoms. The predicted octanol–water partition coefficient (Wildman–Crippen LogP) is 1.87. The zero-order valence-electron chi connectivity index (χ0n) is 11.4. The Morgan fingerprint density at radius 3 is 2.58 bits per heavy atom. The molecule has 0 aromatic heterocycles. The topological polar surface area (TPSA) is 66.6 Å². The van der Waals surface area contributed by atoms with Gasteiger partial charge in [-0.25, -0.2) is 0 Å². The van der Waals surface area contributed by atoms with Gasteiger partial charge < -0.3 is 15.7 Å². The van der Waals surface area contributed by atoms with Crippen LogP contribution in [0.25, 0.3) is 0 Å². The molecule has 1 aromatic rings. The molecule has 1 aromatic carbocycles. The fraction of sp³-hybridized carbons (Fsp3) is 0.533. The molecule has 0 atom stereocenters. The Hall–Kier alpha value is -1.55. The van der Waals surface area contributed by atoms with Crippen LogP contribution in [0.2, 0.25) is 0 Å². The first-order valence-corrected chi connectivity index (χ1v) is 6.81. The third-order valence-corrected chi connectivity index (χ3v) is 4.15. The Morgan fingerprint density at radius 1 is 1.37 bits per heavy atom. The molecule has 0 aliphatic heterocycles. The maximum atomic E-state index is 12.6. The highest BCUT2D eigenvalue weighted by Crippen LogP contribution is 2.39. The second-order valence-electron chi connectivity index (χ2n) is 5.48. The van der Waals surface area contributed by atoms with Crippen molar-refractivity contribution in [3.63, 3.8) is 0 Å². The number of para-hydroxylation sites is 1. The SMILES string of the molecule is CN(Cc1ccccc1O)C(=O)C1(CN)CCCC1. The number of phenolic OH excluding ortho intramolecular Hbond substituents is 1. The van der Waals surface area contributed by atoms with Crippen LogP contribution in [0.4, 0.5) is 0 Å². The van der Waals surface area contributed by atoms with E-state index in [9.17, 15) is 9.90 Å². The summed E-state index contributed by atoms with van der Waals surface area (Å²) in [5, 5.41) is 9.77. The lowest BCUT2D eigenvalue weighted by atomic mass is 9.84. The molecule has 4 heteroatoms. The minimum absolute atomic E-state index is 0.107. The van der Waals surface area contributed by atoms with Crippen molar-refractivity contribution in [3.05, 3.63) is 29.8 Å². The molecule has 0 unspecified atom stereocenters. The van der Waals surface area contributed by atoms with Gasteiger partial charge in [0, 0.05) is 25.7 Å². The van der Waals surface area contributed by atoms with Gasteiger partial charge in [0.1, 0.15) is 5.75 Å². The molecule has 1 fully saturated rings. The number of benzene rings is 1. The van der Waals surface area contributed by atoms with E-state index in [1.54, 1.807) is 24.1 Å². The monoisotopic (exact) mass is 262 g/mol. The van der Waals surface area contributed by atoms with Gasteiger partial charge >= 0.3 is 0 Å². The number of nitrogens with zero attached hydrogens (tertiary/aromatic N) is 1. The van der Waals surface area contributed by atoms with E-state index < -0.39 is 0 Å². The first kappa shape index (κ1) is 13.9. The number of carbonyl (C=O) groups is 1. The smallest absolute Gasteiger partial charge is 0.230 e. The number of rotatable bonds is 4. The highest BCUT2D eigenvalue weighted by molar-refractivity contribution is 5.83. The van der Waals surface area contributed by atoms with Crippen LogP contribution >= 0.6 is 0 Å². The molecule has 1 amide bonds. The maximum Gasteiger partial charge on any atom is 0.230 e. The molecule has 1 aliphatic rings. The second kappa shape index (κ2) is 5.61. The van der Waals surface area contributed by atoms with Crippen molar-refractivity contribution in [2.24, 2.45) is 11.1 Å². The molecule has 0 heterocycles. The van der Waals surface area contributed by atoms with Crippen molar-refractivity contribution in [1.29, 1.82) is 0 Å². The molecule has 3 N–H and O–H groups in total. The zero-order chi connectivity index (χ0) is 13.9. The Kier molecular flexibility index (Phi) is 4.10. The molecule has 4 nitrogen and oxygen atoms in total. The summed E-state index contributed by atoms with van der Waals surface area (Å²) in [6.07, 6.45) is 3.92. The number of carbonyl (C=O) groups excluding carboxylic acids is 1. The van der Waals surface area contributed by atoms with Crippen LogP contribution in [-0.2, 0) is 11.3 Å². The second-order valence-corrected chi connectivity index (χ2v) is 5.48. The lowest BCUT2D eigenvalue weighted by Crippen LogP contribution is -2.44. The summed E-state index contributed by atoms with van der Waals surface area (Å²) in [5.41, 5.74) is 6.23. The normalized spacial score (nSPS) is 17.4. The number of hydrogen-bond donors (Lipinski definition) is 2. The summed E-state index contributed by atoms with van der Waals surface area (Å²) >= 11 is 0. The van der Waals surface area contributed by atoms with Gasteiger partial charge in [-0.1, -0.05) is 31.0 Å². The summed E-state index contributed by atoms with van der Waals surface area (Å²) in [6.45, 7) is 0.838. The van der Waals surface area contributed by atoms with Crippen molar-refractivity contribution >= 4 is 5.91 Å². The third kappa shape index (κ3) is 2.73. The third-order valence-electron chi connectivity index (χ3n) is 4.15. The number of nitrogens with two attached hydrogens (primary N) is 1. The first-order chi connectivity index (χ1) is 9.09. The van der Waals surface area contributed by atoms with Crippen LogP contribution < -0.4 is 5.73 Å². The molecule has 19 heavy (non-hydrogen) atoms. The zero-order valence-corrected chi connectivity index (χ0v) is 11.4. The molecule has 2 rings (SSSR count). The highest BCUT2D eigenvalue weighted by atomic mass is 16.3. The van der Waals surface area contributed by atoms with E-state index in [1.807, 2.05) is 12.1 Å². The van der Waals surface area contributed by atoms with Gasteiger partial charge in [0.2, 0.25) is 5.91 Å². The summed E-state index contributed by atoms with van der Waals surface area (Å²) in [5.74, 6) is 0.339. The van der Waals surface area contributed by atoms with Crippen LogP contribution in [0.3, 0.4) is 0 Å². The van der Waals surface area contributed by atoms with Crippen LogP contribution in [0.1, 0.15) is 31.2 Å². The summed E-state index contributed by atoms with van der Waals surface area (Å²) < 4.78 is 0. The van der Waals surface area contributed by atoms with Crippen LogP contribution in [-0.4, -0.2) is 29.5 Å². The Labute approximate surface area is 114 Å². The summed E-state index contributed by atoms with van der Waals surface area (Å²) in [7, 11) is 1.78. The molecular formula is C15H22N2O2. The van der Waals surface area contributed by atoms with E-state index in [-0.39, 0.29) is 17.1 Å².